The molecule has 4 heterocycles. The van der Waals surface area contributed by atoms with Crippen molar-refractivity contribution in [3.05, 3.63) is 61.4 Å². The molecule has 6 heteroatoms. The average molecular weight is 341 g/mol. The summed E-state index contributed by atoms with van der Waals surface area (Å²) in [5.74, 6) is 1.10. The predicted molar refractivity (Wildman–Crippen MR) is 94.2 cm³/mol. The fourth-order valence-electron chi connectivity index (χ4n) is 3.11. The third-order valence-electron chi connectivity index (χ3n) is 4.50. The van der Waals surface area contributed by atoms with Crippen LogP contribution in [0.2, 0.25) is 0 Å². The highest BCUT2D eigenvalue weighted by molar-refractivity contribution is 7.12. The number of hydrogen-bond donors (Lipinski definition) is 1. The number of nitrogens with one attached hydrogen (secondary N) is 1. The van der Waals surface area contributed by atoms with E-state index in [1.807, 2.05) is 17.4 Å². The van der Waals surface area contributed by atoms with Crippen LogP contribution in [0.1, 0.15) is 26.6 Å². The fourth-order valence-corrected chi connectivity index (χ4v) is 4.20. The first kappa shape index (κ1) is 15.4. The highest BCUT2D eigenvalue weighted by Gasteiger charge is 2.22. The number of fused-ring (bicyclic) bond motifs is 1. The zero-order valence-electron chi connectivity index (χ0n) is 13.8. The Morgan fingerprint density at radius 3 is 3.00 bits per heavy atom. The van der Waals surface area contributed by atoms with E-state index < -0.39 is 0 Å². The summed E-state index contributed by atoms with van der Waals surface area (Å²) in [6.07, 6.45) is 2.32. The largest absolute Gasteiger partial charge is 0.461 e. The van der Waals surface area contributed by atoms with Crippen LogP contribution in [-0.2, 0) is 19.5 Å². The molecule has 0 aliphatic carbocycles. The van der Waals surface area contributed by atoms with Crippen molar-refractivity contribution in [1.29, 1.82) is 0 Å². The molecule has 124 valence electrons. The number of furan rings is 1. The molecule has 4 rings (SSSR count). The number of aromatic amines is 1. The Labute approximate surface area is 144 Å². The molecule has 0 bridgehead atoms. The summed E-state index contributed by atoms with van der Waals surface area (Å²) in [6, 6.07) is 5.86. The van der Waals surface area contributed by atoms with E-state index in [4.69, 9.17) is 4.42 Å². The van der Waals surface area contributed by atoms with Crippen molar-refractivity contribution in [2.24, 2.45) is 0 Å². The van der Waals surface area contributed by atoms with Crippen molar-refractivity contribution in [2.45, 2.75) is 33.4 Å². The molecule has 3 aromatic rings. The van der Waals surface area contributed by atoms with Crippen molar-refractivity contribution in [3.63, 3.8) is 0 Å². The van der Waals surface area contributed by atoms with E-state index in [-0.39, 0.29) is 5.56 Å². The van der Waals surface area contributed by atoms with Gasteiger partial charge in [-0.15, -0.1) is 11.3 Å². The van der Waals surface area contributed by atoms with Gasteiger partial charge in [-0.3, -0.25) is 9.69 Å². The maximum absolute atomic E-state index is 12.3. The molecule has 24 heavy (non-hydrogen) atoms. The van der Waals surface area contributed by atoms with Crippen LogP contribution in [0.15, 0.2) is 33.7 Å². The Morgan fingerprint density at radius 2 is 2.29 bits per heavy atom. The summed E-state index contributed by atoms with van der Waals surface area (Å²) in [5.41, 5.74) is 2.97. The number of thiophene rings is 1. The normalized spacial score (nSPS) is 14.8. The third-order valence-corrected chi connectivity index (χ3v) is 5.64. The van der Waals surface area contributed by atoms with Gasteiger partial charge in [0.15, 0.2) is 11.6 Å². The average Bonchev–Trinajstić information content (AvgIpc) is 3.18. The molecule has 0 saturated heterocycles. The summed E-state index contributed by atoms with van der Waals surface area (Å²) in [5, 5.41) is 0. The molecule has 0 atom stereocenters. The summed E-state index contributed by atoms with van der Waals surface area (Å²) >= 11 is 1.85. The molecule has 1 aliphatic rings. The maximum atomic E-state index is 12.3. The Morgan fingerprint density at radius 1 is 1.42 bits per heavy atom. The maximum Gasteiger partial charge on any atom is 0.254 e. The molecule has 0 saturated carbocycles. The zero-order valence-corrected chi connectivity index (χ0v) is 14.6. The lowest BCUT2D eigenvalue weighted by Gasteiger charge is -2.27. The molecule has 5 nitrogen and oxygen atoms in total. The molecule has 0 unspecified atom stereocenters. The van der Waals surface area contributed by atoms with E-state index in [1.165, 1.54) is 15.3 Å². The zero-order chi connectivity index (χ0) is 16.7. The van der Waals surface area contributed by atoms with Crippen LogP contribution in [0.25, 0.3) is 11.6 Å². The summed E-state index contributed by atoms with van der Waals surface area (Å²) in [4.78, 5) is 24.9. The van der Waals surface area contributed by atoms with E-state index in [9.17, 15) is 4.79 Å². The number of aryl methyl sites for hydroxylation is 2. The number of H-pyrrole nitrogens is 1. The van der Waals surface area contributed by atoms with Gasteiger partial charge in [-0.05, 0) is 44.0 Å². The lowest BCUT2D eigenvalue weighted by atomic mass is 10.1. The minimum Gasteiger partial charge on any atom is -0.461 e. The van der Waals surface area contributed by atoms with Gasteiger partial charge in [-0.25, -0.2) is 4.98 Å². The van der Waals surface area contributed by atoms with E-state index in [0.29, 0.717) is 18.1 Å². The van der Waals surface area contributed by atoms with Crippen LogP contribution in [0.4, 0.5) is 0 Å². The van der Waals surface area contributed by atoms with Gasteiger partial charge < -0.3 is 9.40 Å². The van der Waals surface area contributed by atoms with Crippen LogP contribution < -0.4 is 5.56 Å². The summed E-state index contributed by atoms with van der Waals surface area (Å²) in [6.45, 7) is 6.80. The number of hydrogen-bond acceptors (Lipinski definition) is 5. The van der Waals surface area contributed by atoms with Crippen molar-refractivity contribution in [2.75, 3.05) is 6.54 Å². The smallest absolute Gasteiger partial charge is 0.254 e. The van der Waals surface area contributed by atoms with E-state index in [2.05, 4.69) is 34.8 Å². The standard InChI is InChI=1S/C18H19N3O2S/c1-11-8-13(24-12(11)2)9-21-6-5-14-15(10-21)19-17(20-18(14)22)16-4-3-7-23-16/h3-4,7-8H,5-6,9-10H2,1-2H3,(H,19,20,22). The van der Waals surface area contributed by atoms with Crippen molar-refractivity contribution in [1.82, 2.24) is 14.9 Å². The lowest BCUT2D eigenvalue weighted by molar-refractivity contribution is 0.242. The van der Waals surface area contributed by atoms with Crippen LogP contribution >= 0.6 is 11.3 Å². The molecule has 1 N–H and O–H groups in total. The molecule has 0 spiro atoms. The molecule has 0 fully saturated rings. The second-order valence-corrected chi connectivity index (χ2v) is 7.57. The third kappa shape index (κ3) is 2.83. The first-order valence-corrected chi connectivity index (χ1v) is 8.86. The number of nitrogens with zero attached hydrogens (tertiary/aromatic N) is 2. The van der Waals surface area contributed by atoms with Gasteiger partial charge in [0.05, 0.1) is 12.0 Å². The molecule has 0 aromatic carbocycles. The van der Waals surface area contributed by atoms with Gasteiger partial charge in [0.25, 0.3) is 5.56 Å². The van der Waals surface area contributed by atoms with Gasteiger partial charge in [-0.1, -0.05) is 0 Å². The van der Waals surface area contributed by atoms with Crippen molar-refractivity contribution >= 4 is 11.3 Å². The van der Waals surface area contributed by atoms with Crippen LogP contribution in [0, 0.1) is 13.8 Å². The lowest BCUT2D eigenvalue weighted by Crippen LogP contribution is -2.34. The second-order valence-electron chi connectivity index (χ2n) is 6.23. The SMILES string of the molecule is Cc1cc(CN2CCc3c(nc(-c4ccco4)[nH]c3=O)C2)sc1C. The van der Waals surface area contributed by atoms with Gasteiger partial charge in [-0.2, -0.15) is 0 Å². The van der Waals surface area contributed by atoms with Crippen LogP contribution in [0.3, 0.4) is 0 Å². The van der Waals surface area contributed by atoms with Crippen molar-refractivity contribution in [3.8, 4) is 11.6 Å². The second kappa shape index (κ2) is 6.03. The molecule has 0 radical (unpaired) electrons. The molecule has 3 aromatic heterocycles. The number of rotatable bonds is 3. The fraction of sp³-hybridized carbons (Fsp3) is 0.333. The van der Waals surface area contributed by atoms with Crippen molar-refractivity contribution < 1.29 is 4.42 Å². The molecule has 1 aliphatic heterocycles. The Hall–Kier alpha value is -2.18. The van der Waals surface area contributed by atoms with E-state index in [0.717, 1.165) is 30.8 Å². The minimum absolute atomic E-state index is 0.0473. The molecular weight excluding hydrogens is 322 g/mol. The monoisotopic (exact) mass is 341 g/mol. The summed E-state index contributed by atoms with van der Waals surface area (Å²) < 4.78 is 5.36. The molecule has 0 amide bonds. The molecular formula is C18H19N3O2S. The first-order chi connectivity index (χ1) is 11.6. The Bertz CT molecular complexity index is 905. The highest BCUT2D eigenvalue weighted by Crippen LogP contribution is 2.25. The predicted octanol–water partition coefficient (Wildman–Crippen LogP) is 3.27. The van der Waals surface area contributed by atoms with Crippen LogP contribution in [-0.4, -0.2) is 21.4 Å². The topological polar surface area (TPSA) is 62.1 Å². The minimum atomic E-state index is -0.0473. The van der Waals surface area contributed by atoms with E-state index in [1.54, 1.807) is 12.3 Å². The Balaban J connectivity index is 1.60. The summed E-state index contributed by atoms with van der Waals surface area (Å²) in [7, 11) is 0. The van der Waals surface area contributed by atoms with E-state index >= 15 is 0 Å². The van der Waals surface area contributed by atoms with Gasteiger partial charge in [0, 0.05) is 35.0 Å². The van der Waals surface area contributed by atoms with Gasteiger partial charge >= 0.3 is 0 Å². The Kier molecular flexibility index (Phi) is 3.86. The number of aromatic nitrogens is 2. The quantitative estimate of drug-likeness (QED) is 0.794. The van der Waals surface area contributed by atoms with Gasteiger partial charge in [0.1, 0.15) is 0 Å². The van der Waals surface area contributed by atoms with Gasteiger partial charge in [0.2, 0.25) is 0 Å². The van der Waals surface area contributed by atoms with Crippen LogP contribution in [0.5, 0.6) is 0 Å². The highest BCUT2D eigenvalue weighted by atomic mass is 32.1. The first-order valence-electron chi connectivity index (χ1n) is 8.04.